The summed E-state index contributed by atoms with van der Waals surface area (Å²) in [6, 6.07) is 5.60. The molecule has 0 aromatic heterocycles. The summed E-state index contributed by atoms with van der Waals surface area (Å²) in [5.74, 6) is 0.381. The number of fused-ring (bicyclic) bond motifs is 1. The lowest BCUT2D eigenvalue weighted by Crippen LogP contribution is -2.03. The number of carbonyl (C=O) groups is 1. The molecule has 0 aliphatic carbocycles. The SMILES string of the molecule is CC(=O)Oc1cccc2c1CC[N]2. The fourth-order valence-electron chi connectivity index (χ4n) is 1.49. The zero-order chi connectivity index (χ0) is 9.26. The van der Waals surface area contributed by atoms with Crippen molar-refractivity contribution in [2.24, 2.45) is 0 Å². The molecule has 1 aromatic carbocycles. The van der Waals surface area contributed by atoms with E-state index in [1.807, 2.05) is 12.1 Å². The van der Waals surface area contributed by atoms with Gasteiger partial charge in [0, 0.05) is 19.0 Å². The fourth-order valence-corrected chi connectivity index (χ4v) is 1.49. The minimum atomic E-state index is -0.277. The Kier molecular flexibility index (Phi) is 1.93. The first-order chi connectivity index (χ1) is 6.27. The lowest BCUT2D eigenvalue weighted by Gasteiger charge is -2.05. The largest absolute Gasteiger partial charge is 0.426 e. The number of benzene rings is 1. The molecule has 3 heteroatoms. The van der Waals surface area contributed by atoms with Crippen molar-refractivity contribution in [3.8, 4) is 5.75 Å². The quantitative estimate of drug-likeness (QED) is 0.479. The molecule has 0 amide bonds. The summed E-state index contributed by atoms with van der Waals surface area (Å²) in [7, 11) is 0. The van der Waals surface area contributed by atoms with Gasteiger partial charge in [0.1, 0.15) is 5.75 Å². The number of ether oxygens (including phenoxy) is 1. The molecule has 3 nitrogen and oxygen atoms in total. The second-order valence-electron chi connectivity index (χ2n) is 2.98. The second kappa shape index (κ2) is 3.09. The molecule has 0 saturated carbocycles. The van der Waals surface area contributed by atoms with Crippen LogP contribution in [0.2, 0.25) is 0 Å². The van der Waals surface area contributed by atoms with Crippen LogP contribution in [0, 0.1) is 0 Å². The maximum atomic E-state index is 10.8. The summed E-state index contributed by atoms with van der Waals surface area (Å²) < 4.78 is 5.06. The molecule has 0 atom stereocenters. The molecular weight excluding hydrogens is 166 g/mol. The van der Waals surface area contributed by atoms with Crippen LogP contribution in [0.5, 0.6) is 5.75 Å². The summed E-state index contributed by atoms with van der Waals surface area (Å²) in [5.41, 5.74) is 2.01. The molecule has 1 aliphatic heterocycles. The molecule has 2 rings (SSSR count). The van der Waals surface area contributed by atoms with Gasteiger partial charge in [-0.25, -0.2) is 0 Å². The van der Waals surface area contributed by atoms with Crippen molar-refractivity contribution in [2.75, 3.05) is 6.54 Å². The van der Waals surface area contributed by atoms with Crippen LogP contribution >= 0.6 is 0 Å². The van der Waals surface area contributed by atoms with Crippen LogP contribution in [0.15, 0.2) is 18.2 Å². The maximum Gasteiger partial charge on any atom is 0.308 e. The number of hydrogen-bond donors (Lipinski definition) is 0. The maximum absolute atomic E-state index is 10.8. The minimum absolute atomic E-state index is 0.277. The summed E-state index contributed by atoms with van der Waals surface area (Å²) >= 11 is 0. The molecule has 67 valence electrons. The van der Waals surface area contributed by atoms with E-state index in [0.29, 0.717) is 5.75 Å². The summed E-state index contributed by atoms with van der Waals surface area (Å²) in [6.07, 6.45) is 0.874. The molecule has 0 fully saturated rings. The van der Waals surface area contributed by atoms with Crippen molar-refractivity contribution < 1.29 is 9.53 Å². The van der Waals surface area contributed by atoms with E-state index >= 15 is 0 Å². The first-order valence-corrected chi connectivity index (χ1v) is 4.25. The molecule has 1 heterocycles. The van der Waals surface area contributed by atoms with Gasteiger partial charge in [0.05, 0.1) is 5.69 Å². The van der Waals surface area contributed by atoms with Crippen molar-refractivity contribution in [2.45, 2.75) is 13.3 Å². The average Bonchev–Trinajstić information content (AvgIpc) is 2.51. The van der Waals surface area contributed by atoms with Crippen LogP contribution in [0.1, 0.15) is 12.5 Å². The third-order valence-electron chi connectivity index (χ3n) is 2.01. The van der Waals surface area contributed by atoms with Crippen LogP contribution in [0.3, 0.4) is 0 Å². The monoisotopic (exact) mass is 176 g/mol. The van der Waals surface area contributed by atoms with Crippen LogP contribution < -0.4 is 10.1 Å². The van der Waals surface area contributed by atoms with Crippen LogP contribution in [-0.4, -0.2) is 12.5 Å². The van der Waals surface area contributed by atoms with E-state index in [-0.39, 0.29) is 5.97 Å². The highest BCUT2D eigenvalue weighted by molar-refractivity contribution is 5.71. The molecule has 0 unspecified atom stereocenters. The van der Waals surface area contributed by atoms with E-state index in [9.17, 15) is 4.79 Å². The summed E-state index contributed by atoms with van der Waals surface area (Å²) in [6.45, 7) is 2.21. The van der Waals surface area contributed by atoms with Gasteiger partial charge in [-0.15, -0.1) is 0 Å². The molecule has 13 heavy (non-hydrogen) atoms. The normalized spacial score (nSPS) is 13.3. The fraction of sp³-hybridized carbons (Fsp3) is 0.300. The van der Waals surface area contributed by atoms with E-state index in [1.165, 1.54) is 6.92 Å². The van der Waals surface area contributed by atoms with E-state index < -0.39 is 0 Å². The van der Waals surface area contributed by atoms with Crippen molar-refractivity contribution in [3.63, 3.8) is 0 Å². The summed E-state index contributed by atoms with van der Waals surface area (Å²) in [5, 5.41) is 4.28. The predicted octanol–water partition coefficient (Wildman–Crippen LogP) is 1.40. The standard InChI is InChI=1S/C10H10NO2/c1-7(12)13-10-4-2-3-9-8(10)5-6-11-9/h2-4H,5-6H2,1H3. The molecule has 0 bridgehead atoms. The molecule has 0 saturated heterocycles. The predicted molar refractivity (Wildman–Crippen MR) is 48.1 cm³/mol. The van der Waals surface area contributed by atoms with Crippen LogP contribution in [0.25, 0.3) is 0 Å². The summed E-state index contributed by atoms with van der Waals surface area (Å²) in [4.78, 5) is 10.8. The molecule has 1 radical (unpaired) electrons. The van der Waals surface area contributed by atoms with E-state index in [2.05, 4.69) is 5.32 Å². The van der Waals surface area contributed by atoms with Gasteiger partial charge in [0.15, 0.2) is 0 Å². The molecule has 1 aromatic rings. The Balaban J connectivity index is 2.36. The van der Waals surface area contributed by atoms with Crippen molar-refractivity contribution in [1.29, 1.82) is 0 Å². The van der Waals surface area contributed by atoms with Crippen molar-refractivity contribution >= 4 is 11.7 Å². The number of nitrogens with zero attached hydrogens (tertiary/aromatic N) is 1. The van der Waals surface area contributed by atoms with E-state index in [0.717, 1.165) is 24.2 Å². The number of rotatable bonds is 1. The third kappa shape index (κ3) is 1.49. The van der Waals surface area contributed by atoms with E-state index in [1.54, 1.807) is 6.07 Å². The average molecular weight is 176 g/mol. The Morgan fingerprint density at radius 3 is 3.15 bits per heavy atom. The molecule has 1 aliphatic rings. The first-order valence-electron chi connectivity index (χ1n) is 4.25. The van der Waals surface area contributed by atoms with Crippen LogP contribution in [-0.2, 0) is 11.2 Å². The number of hydrogen-bond acceptors (Lipinski definition) is 2. The first kappa shape index (κ1) is 8.10. The number of esters is 1. The van der Waals surface area contributed by atoms with Gasteiger partial charge in [0.25, 0.3) is 0 Å². The van der Waals surface area contributed by atoms with E-state index in [4.69, 9.17) is 4.74 Å². The van der Waals surface area contributed by atoms with Crippen molar-refractivity contribution in [3.05, 3.63) is 23.8 Å². The molecule has 0 spiro atoms. The highest BCUT2D eigenvalue weighted by atomic mass is 16.5. The highest BCUT2D eigenvalue weighted by Gasteiger charge is 2.16. The second-order valence-corrected chi connectivity index (χ2v) is 2.98. The van der Waals surface area contributed by atoms with Crippen LogP contribution in [0.4, 0.5) is 5.69 Å². The lowest BCUT2D eigenvalue weighted by molar-refractivity contribution is -0.131. The Morgan fingerprint density at radius 1 is 1.54 bits per heavy atom. The van der Waals surface area contributed by atoms with Gasteiger partial charge in [-0.05, 0) is 18.6 Å². The lowest BCUT2D eigenvalue weighted by atomic mass is 10.1. The highest BCUT2D eigenvalue weighted by Crippen LogP contribution is 2.30. The van der Waals surface area contributed by atoms with Gasteiger partial charge in [-0.3, -0.25) is 10.1 Å². The van der Waals surface area contributed by atoms with Gasteiger partial charge in [0.2, 0.25) is 0 Å². The van der Waals surface area contributed by atoms with Gasteiger partial charge >= 0.3 is 5.97 Å². The smallest absolute Gasteiger partial charge is 0.308 e. The molecule has 0 N–H and O–H groups in total. The Bertz CT molecular complexity index is 347. The van der Waals surface area contributed by atoms with Gasteiger partial charge in [-0.1, -0.05) is 6.07 Å². The van der Waals surface area contributed by atoms with Crippen molar-refractivity contribution in [1.82, 2.24) is 5.32 Å². The van der Waals surface area contributed by atoms with Gasteiger partial charge < -0.3 is 4.74 Å². The zero-order valence-electron chi connectivity index (χ0n) is 7.41. The minimum Gasteiger partial charge on any atom is -0.426 e. The Labute approximate surface area is 76.7 Å². The molecular formula is C10H10NO2. The van der Waals surface area contributed by atoms with Gasteiger partial charge in [-0.2, -0.15) is 0 Å². The topological polar surface area (TPSA) is 40.4 Å². The third-order valence-corrected chi connectivity index (χ3v) is 2.01. The number of carbonyl (C=O) groups excluding carboxylic acids is 1. The Hall–Kier alpha value is -1.51. The zero-order valence-corrected chi connectivity index (χ0v) is 7.41. The Morgan fingerprint density at radius 2 is 2.38 bits per heavy atom.